The second-order valence-corrected chi connectivity index (χ2v) is 6.04. The van der Waals surface area contributed by atoms with Crippen molar-refractivity contribution in [2.24, 2.45) is 0 Å². The summed E-state index contributed by atoms with van der Waals surface area (Å²) in [5.41, 5.74) is 0.874. The van der Waals surface area contributed by atoms with Gasteiger partial charge in [-0.15, -0.1) is 0 Å². The summed E-state index contributed by atoms with van der Waals surface area (Å²) in [5.74, 6) is 1.47. The summed E-state index contributed by atoms with van der Waals surface area (Å²) in [4.78, 5) is 4.30. The van der Waals surface area contributed by atoms with Crippen LogP contribution in [-0.2, 0) is 6.42 Å². The number of aromatic nitrogens is 1. The van der Waals surface area contributed by atoms with Gasteiger partial charge in [-0.25, -0.2) is 4.98 Å². The Labute approximate surface area is 125 Å². The molecule has 1 saturated carbocycles. The molecule has 5 heteroatoms. The van der Waals surface area contributed by atoms with E-state index in [9.17, 15) is 0 Å². The van der Waals surface area contributed by atoms with Crippen molar-refractivity contribution in [2.75, 3.05) is 6.54 Å². The predicted molar refractivity (Wildman–Crippen MR) is 79.4 cm³/mol. The first-order valence-corrected chi connectivity index (χ1v) is 7.53. The third-order valence-corrected chi connectivity index (χ3v) is 3.91. The number of benzene rings is 1. The predicted octanol–water partition coefficient (Wildman–Crippen LogP) is 4.05. The van der Waals surface area contributed by atoms with Crippen LogP contribution >= 0.6 is 27.5 Å². The molecule has 0 unspecified atom stereocenters. The molecule has 1 aromatic carbocycles. The summed E-state index contributed by atoms with van der Waals surface area (Å²) in [6.07, 6.45) is 5.14. The van der Waals surface area contributed by atoms with Crippen LogP contribution in [0.5, 0.6) is 0 Å². The van der Waals surface area contributed by atoms with E-state index >= 15 is 0 Å². The summed E-state index contributed by atoms with van der Waals surface area (Å²) in [6, 6.07) is 6.45. The number of hydrogen-bond acceptors (Lipinski definition) is 3. The molecule has 1 aliphatic carbocycles. The fraction of sp³-hybridized carbons (Fsp3) is 0.357. The van der Waals surface area contributed by atoms with Crippen molar-refractivity contribution in [2.45, 2.75) is 25.3 Å². The van der Waals surface area contributed by atoms with Crippen molar-refractivity contribution < 1.29 is 4.42 Å². The molecule has 1 aliphatic rings. The Morgan fingerprint density at radius 2 is 2.26 bits per heavy atom. The molecule has 1 N–H and O–H groups in total. The van der Waals surface area contributed by atoms with Crippen LogP contribution in [0.4, 0.5) is 0 Å². The van der Waals surface area contributed by atoms with Gasteiger partial charge >= 0.3 is 0 Å². The average Bonchev–Trinajstić information content (AvgIpc) is 3.07. The highest BCUT2D eigenvalue weighted by molar-refractivity contribution is 9.10. The number of nitrogens with one attached hydrogen (secondary N) is 1. The van der Waals surface area contributed by atoms with Crippen LogP contribution in [0.25, 0.3) is 11.3 Å². The summed E-state index contributed by atoms with van der Waals surface area (Å²) < 4.78 is 6.70. The topological polar surface area (TPSA) is 38.1 Å². The van der Waals surface area contributed by atoms with Gasteiger partial charge in [-0.2, -0.15) is 0 Å². The van der Waals surface area contributed by atoms with Crippen molar-refractivity contribution in [1.82, 2.24) is 10.3 Å². The summed E-state index contributed by atoms with van der Waals surface area (Å²) in [5, 5.41) is 4.10. The highest BCUT2D eigenvalue weighted by Gasteiger charge is 2.20. The van der Waals surface area contributed by atoms with Gasteiger partial charge in [0.25, 0.3) is 0 Å². The van der Waals surface area contributed by atoms with Gasteiger partial charge in [0.15, 0.2) is 11.7 Å². The zero-order chi connectivity index (χ0) is 13.2. The summed E-state index contributed by atoms with van der Waals surface area (Å²) in [6.45, 7) is 0.915. The lowest BCUT2D eigenvalue weighted by Crippen LogP contribution is -2.19. The van der Waals surface area contributed by atoms with Crippen LogP contribution in [0.1, 0.15) is 18.7 Å². The maximum Gasteiger partial charge on any atom is 0.196 e. The molecule has 0 bridgehead atoms. The maximum absolute atomic E-state index is 6.20. The monoisotopic (exact) mass is 340 g/mol. The quantitative estimate of drug-likeness (QED) is 0.891. The minimum absolute atomic E-state index is 0.660. The lowest BCUT2D eigenvalue weighted by atomic mass is 10.2. The molecule has 3 rings (SSSR count). The van der Waals surface area contributed by atoms with Gasteiger partial charge in [-0.1, -0.05) is 27.5 Å². The van der Waals surface area contributed by atoms with Crippen molar-refractivity contribution in [3.8, 4) is 11.3 Å². The third kappa shape index (κ3) is 3.38. The van der Waals surface area contributed by atoms with Crippen LogP contribution < -0.4 is 5.32 Å². The molecule has 0 spiro atoms. The Bertz CT molecular complexity index is 581. The molecule has 0 amide bonds. The number of nitrogens with zero attached hydrogens (tertiary/aromatic N) is 1. The SMILES string of the molecule is Clc1cc(Br)ccc1-c1cnc(CCNC2CC2)o1. The van der Waals surface area contributed by atoms with Gasteiger partial charge in [0.2, 0.25) is 0 Å². The van der Waals surface area contributed by atoms with E-state index in [1.807, 2.05) is 18.2 Å². The van der Waals surface area contributed by atoms with Crippen molar-refractivity contribution in [1.29, 1.82) is 0 Å². The molecule has 0 saturated heterocycles. The van der Waals surface area contributed by atoms with E-state index in [1.165, 1.54) is 12.8 Å². The van der Waals surface area contributed by atoms with E-state index in [0.29, 0.717) is 5.02 Å². The lowest BCUT2D eigenvalue weighted by Gasteiger charge is -2.01. The molecule has 0 atom stereocenters. The fourth-order valence-electron chi connectivity index (χ4n) is 1.91. The smallest absolute Gasteiger partial charge is 0.196 e. The molecule has 1 heterocycles. The second kappa shape index (κ2) is 5.65. The highest BCUT2D eigenvalue weighted by atomic mass is 79.9. The molecule has 3 nitrogen and oxygen atoms in total. The Hall–Kier alpha value is -0.840. The van der Waals surface area contributed by atoms with Crippen molar-refractivity contribution in [3.05, 3.63) is 39.8 Å². The minimum Gasteiger partial charge on any atom is -0.441 e. The van der Waals surface area contributed by atoms with Gasteiger partial charge in [-0.3, -0.25) is 0 Å². The fourth-order valence-corrected chi connectivity index (χ4v) is 2.68. The Morgan fingerprint density at radius 1 is 1.42 bits per heavy atom. The molecule has 0 aliphatic heterocycles. The average molecular weight is 342 g/mol. The van der Waals surface area contributed by atoms with Crippen LogP contribution in [0.3, 0.4) is 0 Å². The van der Waals surface area contributed by atoms with E-state index in [1.54, 1.807) is 6.20 Å². The van der Waals surface area contributed by atoms with Crippen LogP contribution in [0.15, 0.2) is 33.3 Å². The van der Waals surface area contributed by atoms with Gasteiger partial charge in [0, 0.05) is 29.0 Å². The van der Waals surface area contributed by atoms with E-state index in [0.717, 1.165) is 40.7 Å². The van der Waals surface area contributed by atoms with E-state index in [4.69, 9.17) is 16.0 Å². The summed E-state index contributed by atoms with van der Waals surface area (Å²) in [7, 11) is 0. The molecule has 19 heavy (non-hydrogen) atoms. The molecule has 2 aromatic rings. The molecule has 100 valence electrons. The van der Waals surface area contributed by atoms with Crippen LogP contribution in [0, 0.1) is 0 Å². The number of hydrogen-bond donors (Lipinski definition) is 1. The first-order valence-electron chi connectivity index (χ1n) is 6.36. The van der Waals surface area contributed by atoms with Crippen LogP contribution in [0.2, 0.25) is 5.02 Å². The van der Waals surface area contributed by atoms with E-state index in [2.05, 4.69) is 26.2 Å². The van der Waals surface area contributed by atoms with Gasteiger partial charge < -0.3 is 9.73 Å². The Balaban J connectivity index is 1.68. The lowest BCUT2D eigenvalue weighted by molar-refractivity contribution is 0.494. The standard InChI is InChI=1S/C14H14BrClN2O/c15-9-1-4-11(12(16)7-9)13-8-18-14(19-13)5-6-17-10-2-3-10/h1,4,7-8,10,17H,2-3,5-6H2. The van der Waals surface area contributed by atoms with Crippen molar-refractivity contribution in [3.63, 3.8) is 0 Å². The Kier molecular flexibility index (Phi) is 3.91. The minimum atomic E-state index is 0.660. The third-order valence-electron chi connectivity index (χ3n) is 3.10. The molecule has 0 radical (unpaired) electrons. The van der Waals surface area contributed by atoms with Gasteiger partial charge in [0.05, 0.1) is 11.2 Å². The Morgan fingerprint density at radius 3 is 3.00 bits per heavy atom. The normalized spacial score (nSPS) is 14.8. The highest BCUT2D eigenvalue weighted by Crippen LogP contribution is 2.30. The first-order chi connectivity index (χ1) is 9.22. The molecular formula is C14H14BrClN2O. The number of halogens is 2. The largest absolute Gasteiger partial charge is 0.441 e. The number of oxazole rings is 1. The van der Waals surface area contributed by atoms with Crippen molar-refractivity contribution >= 4 is 27.5 Å². The second-order valence-electron chi connectivity index (χ2n) is 4.72. The van der Waals surface area contributed by atoms with Gasteiger partial charge in [-0.05, 0) is 31.0 Å². The zero-order valence-electron chi connectivity index (χ0n) is 10.3. The number of rotatable bonds is 5. The summed E-state index contributed by atoms with van der Waals surface area (Å²) >= 11 is 9.59. The zero-order valence-corrected chi connectivity index (χ0v) is 12.7. The molecular weight excluding hydrogens is 328 g/mol. The van der Waals surface area contributed by atoms with E-state index < -0.39 is 0 Å². The molecule has 1 fully saturated rings. The first kappa shape index (κ1) is 13.2. The van der Waals surface area contributed by atoms with Gasteiger partial charge in [0.1, 0.15) is 0 Å². The van der Waals surface area contributed by atoms with E-state index in [-0.39, 0.29) is 0 Å². The maximum atomic E-state index is 6.20. The van der Waals surface area contributed by atoms with Crippen LogP contribution in [-0.4, -0.2) is 17.6 Å². The molecule has 1 aromatic heterocycles.